The molecule has 27 heavy (non-hydrogen) atoms. The van der Waals surface area contributed by atoms with Crippen LogP contribution in [0.2, 0.25) is 5.02 Å². The minimum atomic E-state index is -4.93. The van der Waals surface area contributed by atoms with Crippen LogP contribution in [0.5, 0.6) is 0 Å². The van der Waals surface area contributed by atoms with E-state index in [1.807, 2.05) is 0 Å². The monoisotopic (exact) mass is 422 g/mol. The number of halogens is 4. The number of amides is 1. The van der Waals surface area contributed by atoms with Crippen molar-refractivity contribution in [3.05, 3.63) is 58.6 Å². The molecule has 0 aromatic heterocycles. The largest absolute Gasteiger partial charge is 0.701 e. The Morgan fingerprint density at radius 1 is 1.15 bits per heavy atom. The van der Waals surface area contributed by atoms with Gasteiger partial charge in [-0.2, -0.15) is 21.6 Å². The minimum Gasteiger partial charge on any atom is -0.701 e. The van der Waals surface area contributed by atoms with Crippen LogP contribution in [-0.2, 0) is 16.5 Å². The third kappa shape index (κ3) is 4.59. The van der Waals surface area contributed by atoms with Gasteiger partial charge in [-0.1, -0.05) is 17.7 Å². The van der Waals surface area contributed by atoms with E-state index < -0.39 is 31.8 Å². The highest BCUT2D eigenvalue weighted by molar-refractivity contribution is 7.85. The summed E-state index contributed by atoms with van der Waals surface area (Å²) in [5.74, 6) is -0.893. The van der Waals surface area contributed by atoms with E-state index in [1.165, 1.54) is 18.2 Å². The topological polar surface area (TPSA) is 86.3 Å². The van der Waals surface area contributed by atoms with Crippen molar-refractivity contribution in [1.82, 2.24) is 3.89 Å². The summed E-state index contributed by atoms with van der Waals surface area (Å²) in [5.41, 5.74) is -1.55. The zero-order valence-corrected chi connectivity index (χ0v) is 15.6. The first-order chi connectivity index (χ1) is 12.2. The van der Waals surface area contributed by atoms with Crippen molar-refractivity contribution in [2.75, 3.05) is 19.4 Å². The summed E-state index contributed by atoms with van der Waals surface area (Å²) in [6, 6.07) is 7.55. The van der Waals surface area contributed by atoms with Gasteiger partial charge in [-0.3, -0.25) is 4.79 Å². The summed E-state index contributed by atoms with van der Waals surface area (Å²) in [4.78, 5) is 12.5. The molecule has 0 heterocycles. The maximum Gasteiger partial charge on any atom is 0.416 e. The number of nitrogens with zero attached hydrogens (tertiary/aromatic N) is 1. The molecule has 0 bridgehead atoms. The Labute approximate surface area is 158 Å². The predicted molar refractivity (Wildman–Crippen MR) is 94.2 cm³/mol. The van der Waals surface area contributed by atoms with Crippen molar-refractivity contribution in [2.45, 2.75) is 6.18 Å². The Bertz CT molecular complexity index is 991. The van der Waals surface area contributed by atoms with E-state index in [-0.39, 0.29) is 22.0 Å². The fourth-order valence-electron chi connectivity index (χ4n) is 2.23. The Morgan fingerprint density at radius 2 is 1.78 bits per heavy atom. The third-order valence-corrected chi connectivity index (χ3v) is 5.34. The molecule has 0 atom stereocenters. The van der Waals surface area contributed by atoms with Crippen LogP contribution in [-0.4, -0.2) is 33.0 Å². The molecule has 1 N–H and O–H groups in total. The van der Waals surface area contributed by atoms with Gasteiger partial charge >= 0.3 is 6.18 Å². The zero-order chi connectivity index (χ0) is 20.6. The standard InChI is InChI=1S/C16H14ClF3N2O4S/c1-22(2,27(24,25)26)14-9-11(17)6-7-13(14)15(23)21-12-5-3-4-10(8-12)16(18,19)20/h3-9H,1-2H3,(H-,21,23,24,25,26). The minimum absolute atomic E-state index is 0.0791. The molecule has 0 saturated carbocycles. The molecule has 6 nitrogen and oxygen atoms in total. The number of quaternary nitrogens is 1. The Kier molecular flexibility index (Phi) is 5.58. The maximum atomic E-state index is 12.8. The van der Waals surface area contributed by atoms with E-state index in [9.17, 15) is 30.9 Å². The Balaban J connectivity index is 2.47. The molecule has 2 aromatic carbocycles. The van der Waals surface area contributed by atoms with Crippen LogP contribution in [0, 0.1) is 0 Å². The lowest BCUT2D eigenvalue weighted by Crippen LogP contribution is -2.47. The summed E-state index contributed by atoms with van der Waals surface area (Å²) in [7, 11) is -2.83. The number of nitrogens with one attached hydrogen (secondary N) is 1. The van der Waals surface area contributed by atoms with Crippen molar-refractivity contribution >= 4 is 39.2 Å². The number of hydrogen-bond donors (Lipinski definition) is 1. The normalized spacial score (nSPS) is 12.7. The van der Waals surface area contributed by atoms with Crippen LogP contribution >= 0.6 is 11.6 Å². The fraction of sp³-hybridized carbons (Fsp3) is 0.188. The molecular formula is C16H14ClF3N2O4S. The van der Waals surface area contributed by atoms with Gasteiger partial charge < -0.3 is 9.87 Å². The highest BCUT2D eigenvalue weighted by Gasteiger charge is 2.33. The summed E-state index contributed by atoms with van der Waals surface area (Å²) in [6.07, 6.45) is -4.60. The number of benzene rings is 2. The number of hydrogen-bond acceptors (Lipinski definition) is 4. The highest BCUT2D eigenvalue weighted by atomic mass is 35.5. The van der Waals surface area contributed by atoms with Gasteiger partial charge in [-0.25, -0.2) is 3.89 Å². The smallest absolute Gasteiger partial charge is 0.416 e. The zero-order valence-electron chi connectivity index (χ0n) is 14.0. The van der Waals surface area contributed by atoms with Gasteiger partial charge in [-0.05, 0) is 30.3 Å². The van der Waals surface area contributed by atoms with Gasteiger partial charge in [0.15, 0.2) is 5.69 Å². The van der Waals surface area contributed by atoms with Crippen molar-refractivity contribution < 1.29 is 30.9 Å². The van der Waals surface area contributed by atoms with Gasteiger partial charge in [0, 0.05) is 16.8 Å². The molecule has 2 aromatic rings. The van der Waals surface area contributed by atoms with E-state index in [4.69, 9.17) is 11.6 Å². The van der Waals surface area contributed by atoms with E-state index in [0.29, 0.717) is 0 Å². The molecule has 2 rings (SSSR count). The number of anilines is 1. The predicted octanol–water partition coefficient (Wildman–Crippen LogP) is 3.64. The van der Waals surface area contributed by atoms with E-state index in [2.05, 4.69) is 5.32 Å². The van der Waals surface area contributed by atoms with Crippen LogP contribution in [0.15, 0.2) is 42.5 Å². The molecule has 1 amide bonds. The Morgan fingerprint density at radius 3 is 2.33 bits per heavy atom. The van der Waals surface area contributed by atoms with Crippen molar-refractivity contribution in [1.29, 1.82) is 0 Å². The van der Waals surface area contributed by atoms with E-state index >= 15 is 0 Å². The number of rotatable bonds is 4. The average Bonchev–Trinajstić information content (AvgIpc) is 2.53. The molecule has 0 fully saturated rings. The molecule has 0 unspecified atom stereocenters. The molecule has 0 aliphatic carbocycles. The molecule has 146 valence electrons. The first-order valence-corrected chi connectivity index (χ1v) is 9.06. The summed E-state index contributed by atoms with van der Waals surface area (Å²) >= 11 is 5.85. The van der Waals surface area contributed by atoms with Gasteiger partial charge in [0.1, 0.15) is 5.56 Å². The second-order valence-electron chi connectivity index (χ2n) is 5.97. The lowest BCUT2D eigenvalue weighted by atomic mass is 10.1. The number of carbonyl (C=O) groups is 1. The maximum absolute atomic E-state index is 12.8. The Hall–Kier alpha value is -2.14. The molecule has 0 saturated heterocycles. The van der Waals surface area contributed by atoms with E-state index in [1.54, 1.807) is 0 Å². The number of alkyl halides is 3. The molecule has 0 aliphatic heterocycles. The third-order valence-electron chi connectivity index (χ3n) is 3.79. The van der Waals surface area contributed by atoms with Crippen LogP contribution in [0.3, 0.4) is 0 Å². The SMILES string of the molecule is C[N+](C)(c1cc(Cl)ccc1C(=O)Nc1cccc(C(F)(F)F)c1)S(=O)(=O)[O-]. The lowest BCUT2D eigenvalue weighted by molar-refractivity contribution is -0.137. The molecule has 0 spiro atoms. The number of carbonyl (C=O) groups excluding carboxylic acids is 1. The molecule has 0 radical (unpaired) electrons. The van der Waals surface area contributed by atoms with Crippen molar-refractivity contribution in [3.63, 3.8) is 0 Å². The quantitative estimate of drug-likeness (QED) is 0.602. The van der Waals surface area contributed by atoms with Crippen LogP contribution in [0.4, 0.5) is 24.5 Å². The highest BCUT2D eigenvalue weighted by Crippen LogP contribution is 2.33. The molecule has 0 aliphatic rings. The second-order valence-corrected chi connectivity index (χ2v) is 8.18. The van der Waals surface area contributed by atoms with Gasteiger partial charge in [0.05, 0.1) is 19.7 Å². The summed E-state index contributed by atoms with van der Waals surface area (Å²) in [5, 5.41) is 2.34. The van der Waals surface area contributed by atoms with Crippen LogP contribution in [0.25, 0.3) is 0 Å². The van der Waals surface area contributed by atoms with Gasteiger partial charge in [-0.15, -0.1) is 0 Å². The van der Waals surface area contributed by atoms with Gasteiger partial charge in [0.2, 0.25) is 0 Å². The first kappa shape index (κ1) is 21.2. The lowest BCUT2D eigenvalue weighted by Gasteiger charge is -2.31. The first-order valence-electron chi connectivity index (χ1n) is 7.32. The molecule has 11 heteroatoms. The van der Waals surface area contributed by atoms with Crippen LogP contribution < -0.4 is 9.21 Å². The van der Waals surface area contributed by atoms with Gasteiger partial charge in [0.25, 0.3) is 16.2 Å². The average molecular weight is 423 g/mol. The van der Waals surface area contributed by atoms with E-state index in [0.717, 1.165) is 38.4 Å². The van der Waals surface area contributed by atoms with Crippen LogP contribution in [0.1, 0.15) is 15.9 Å². The summed E-state index contributed by atoms with van der Waals surface area (Å²) < 4.78 is 71.9. The van der Waals surface area contributed by atoms with Crippen molar-refractivity contribution in [2.24, 2.45) is 0 Å². The summed E-state index contributed by atoms with van der Waals surface area (Å²) in [6.45, 7) is 0. The second kappa shape index (κ2) is 7.12. The fourth-order valence-corrected chi connectivity index (χ4v) is 2.79. The van der Waals surface area contributed by atoms with Crippen molar-refractivity contribution in [3.8, 4) is 0 Å². The molecular weight excluding hydrogens is 409 g/mol.